The van der Waals surface area contributed by atoms with Crippen molar-refractivity contribution in [2.75, 3.05) is 31.5 Å². The fourth-order valence-electron chi connectivity index (χ4n) is 4.43. The molecule has 38 heavy (non-hydrogen) atoms. The molecular formula is C29H31FN6O2. The molecule has 1 aliphatic rings. The quantitative estimate of drug-likeness (QED) is 0.360. The molecule has 4 rings (SSSR count). The standard InChI is InChI=1S/C29H31FN6O2/c30-22-7-3-5-20(17-22)12-15-33-28-25(10-11-26(35-28)24-8-2-1-6-21(24)18-32)29(38)34-19-23-13-16-36(23)27(37)9-4-14-31/h1-3,5-8,10-11,17,23H,4,9,12-16,19,31H2,(H,33,35)(H,34,38)/t23-/m1/s1. The predicted molar refractivity (Wildman–Crippen MR) is 144 cm³/mol. The zero-order valence-corrected chi connectivity index (χ0v) is 21.1. The van der Waals surface area contributed by atoms with Crippen molar-refractivity contribution in [2.45, 2.75) is 31.7 Å². The molecule has 4 N–H and O–H groups in total. The molecule has 0 aliphatic carbocycles. The number of aromatic nitrogens is 1. The second kappa shape index (κ2) is 12.8. The van der Waals surface area contributed by atoms with Gasteiger partial charge in [-0.25, -0.2) is 9.37 Å². The zero-order chi connectivity index (χ0) is 26.9. The van der Waals surface area contributed by atoms with Crippen molar-refractivity contribution in [1.29, 1.82) is 5.26 Å². The van der Waals surface area contributed by atoms with Gasteiger partial charge in [-0.05, 0) is 61.7 Å². The minimum atomic E-state index is -0.313. The summed E-state index contributed by atoms with van der Waals surface area (Å²) in [7, 11) is 0. The Morgan fingerprint density at radius 2 is 2.00 bits per heavy atom. The Labute approximate surface area is 221 Å². The summed E-state index contributed by atoms with van der Waals surface area (Å²) in [6.07, 6.45) is 2.42. The molecule has 196 valence electrons. The maximum absolute atomic E-state index is 13.6. The van der Waals surface area contributed by atoms with Gasteiger partial charge in [0.25, 0.3) is 5.91 Å². The number of carbonyl (C=O) groups is 2. The van der Waals surface area contributed by atoms with E-state index in [-0.39, 0.29) is 23.7 Å². The number of nitrogens with one attached hydrogen (secondary N) is 2. The largest absolute Gasteiger partial charge is 0.369 e. The first-order valence-electron chi connectivity index (χ1n) is 12.8. The SMILES string of the molecule is N#Cc1ccccc1-c1ccc(C(=O)NC[C@H]2CCN2C(=O)CCCN)c(NCCc2cccc(F)c2)n1. The molecule has 2 amide bonds. The van der Waals surface area contributed by atoms with Crippen LogP contribution in [0.25, 0.3) is 11.3 Å². The Morgan fingerprint density at radius 1 is 1.16 bits per heavy atom. The van der Waals surface area contributed by atoms with Crippen molar-refractivity contribution in [3.8, 4) is 17.3 Å². The van der Waals surface area contributed by atoms with Crippen LogP contribution in [0, 0.1) is 17.1 Å². The monoisotopic (exact) mass is 514 g/mol. The number of anilines is 1. The molecular weight excluding hydrogens is 483 g/mol. The van der Waals surface area contributed by atoms with Crippen molar-refractivity contribution >= 4 is 17.6 Å². The van der Waals surface area contributed by atoms with Crippen LogP contribution in [0.4, 0.5) is 10.2 Å². The number of nitriles is 1. The average molecular weight is 515 g/mol. The highest BCUT2D eigenvalue weighted by Gasteiger charge is 2.32. The number of hydrogen-bond acceptors (Lipinski definition) is 6. The van der Waals surface area contributed by atoms with Gasteiger partial charge < -0.3 is 21.3 Å². The molecule has 9 heteroatoms. The molecule has 0 saturated carbocycles. The van der Waals surface area contributed by atoms with Crippen LogP contribution < -0.4 is 16.4 Å². The Balaban J connectivity index is 1.50. The van der Waals surface area contributed by atoms with Crippen molar-refractivity contribution in [3.05, 3.63) is 83.2 Å². The molecule has 2 aromatic carbocycles. The van der Waals surface area contributed by atoms with Gasteiger partial charge >= 0.3 is 0 Å². The maximum Gasteiger partial charge on any atom is 0.255 e. The summed E-state index contributed by atoms with van der Waals surface area (Å²) in [5, 5.41) is 15.7. The van der Waals surface area contributed by atoms with Gasteiger partial charge in [0, 0.05) is 31.6 Å². The van der Waals surface area contributed by atoms with Gasteiger partial charge in [0.2, 0.25) is 5.91 Å². The van der Waals surface area contributed by atoms with Crippen LogP contribution in [0.15, 0.2) is 60.7 Å². The van der Waals surface area contributed by atoms with E-state index in [4.69, 9.17) is 5.73 Å². The molecule has 3 aromatic rings. The van der Waals surface area contributed by atoms with Crippen molar-refractivity contribution in [1.82, 2.24) is 15.2 Å². The van der Waals surface area contributed by atoms with Gasteiger partial charge in [-0.3, -0.25) is 9.59 Å². The molecule has 1 aliphatic heterocycles. The number of carbonyl (C=O) groups excluding carboxylic acids is 2. The molecule has 2 heterocycles. The van der Waals surface area contributed by atoms with Crippen molar-refractivity contribution < 1.29 is 14.0 Å². The highest BCUT2D eigenvalue weighted by atomic mass is 19.1. The molecule has 1 aromatic heterocycles. The third-order valence-corrected chi connectivity index (χ3v) is 6.62. The number of halogens is 1. The first-order valence-corrected chi connectivity index (χ1v) is 12.8. The number of benzene rings is 2. The van der Waals surface area contributed by atoms with Crippen LogP contribution in [0.1, 0.15) is 40.7 Å². The lowest BCUT2D eigenvalue weighted by Gasteiger charge is -2.41. The molecule has 0 unspecified atom stereocenters. The Hall–Kier alpha value is -4.29. The molecule has 0 bridgehead atoms. The predicted octanol–water partition coefficient (Wildman–Crippen LogP) is 3.48. The van der Waals surface area contributed by atoms with E-state index in [1.54, 1.807) is 35.2 Å². The van der Waals surface area contributed by atoms with E-state index in [1.807, 2.05) is 18.2 Å². The van der Waals surface area contributed by atoms with Crippen LogP contribution in [-0.4, -0.2) is 53.9 Å². The number of nitrogens with two attached hydrogens (primary N) is 1. The lowest BCUT2D eigenvalue weighted by atomic mass is 10.0. The number of amides is 2. The van der Waals surface area contributed by atoms with E-state index in [0.29, 0.717) is 73.6 Å². The van der Waals surface area contributed by atoms with Gasteiger partial charge in [0.15, 0.2) is 0 Å². The van der Waals surface area contributed by atoms with E-state index in [0.717, 1.165) is 12.0 Å². The number of nitrogens with zero attached hydrogens (tertiary/aromatic N) is 3. The van der Waals surface area contributed by atoms with Gasteiger partial charge in [0.1, 0.15) is 11.6 Å². The van der Waals surface area contributed by atoms with Crippen LogP contribution in [0.3, 0.4) is 0 Å². The molecule has 8 nitrogen and oxygen atoms in total. The lowest BCUT2D eigenvalue weighted by Crippen LogP contribution is -2.56. The van der Waals surface area contributed by atoms with Gasteiger partial charge in [-0.15, -0.1) is 0 Å². The zero-order valence-electron chi connectivity index (χ0n) is 21.1. The topological polar surface area (TPSA) is 124 Å². The van der Waals surface area contributed by atoms with Crippen LogP contribution in [0.5, 0.6) is 0 Å². The molecule has 1 atom stereocenters. The van der Waals surface area contributed by atoms with Gasteiger partial charge in [-0.1, -0.05) is 30.3 Å². The summed E-state index contributed by atoms with van der Waals surface area (Å²) >= 11 is 0. The van der Waals surface area contributed by atoms with Crippen molar-refractivity contribution in [3.63, 3.8) is 0 Å². The summed E-state index contributed by atoms with van der Waals surface area (Å²) in [6, 6.07) is 19.0. The summed E-state index contributed by atoms with van der Waals surface area (Å²) in [4.78, 5) is 32.0. The minimum absolute atomic E-state index is 0.0386. The number of rotatable bonds is 11. The first-order chi connectivity index (χ1) is 18.5. The average Bonchev–Trinajstić information content (AvgIpc) is 2.91. The molecule has 1 saturated heterocycles. The van der Waals surface area contributed by atoms with E-state index >= 15 is 0 Å². The summed E-state index contributed by atoms with van der Waals surface area (Å²) in [5.41, 5.74) is 8.38. The van der Waals surface area contributed by atoms with E-state index in [9.17, 15) is 19.2 Å². The molecule has 1 fully saturated rings. The number of likely N-dealkylation sites (tertiary alicyclic amines) is 1. The Morgan fingerprint density at radius 3 is 2.74 bits per heavy atom. The second-order valence-corrected chi connectivity index (χ2v) is 9.19. The fraction of sp³-hybridized carbons (Fsp3) is 0.310. The third kappa shape index (κ3) is 6.52. The van der Waals surface area contributed by atoms with Crippen LogP contribution in [-0.2, 0) is 11.2 Å². The Kier molecular flexibility index (Phi) is 9.01. The van der Waals surface area contributed by atoms with Crippen LogP contribution >= 0.6 is 0 Å². The normalized spacial score (nSPS) is 14.3. The summed E-state index contributed by atoms with van der Waals surface area (Å²) in [5.74, 6) is -0.189. The number of pyridine rings is 1. The van der Waals surface area contributed by atoms with E-state index in [2.05, 4.69) is 21.7 Å². The third-order valence-electron chi connectivity index (χ3n) is 6.62. The van der Waals surface area contributed by atoms with Crippen LogP contribution in [0.2, 0.25) is 0 Å². The highest BCUT2D eigenvalue weighted by Crippen LogP contribution is 2.25. The molecule has 0 spiro atoms. The van der Waals surface area contributed by atoms with Gasteiger partial charge in [0.05, 0.1) is 28.9 Å². The fourth-order valence-corrected chi connectivity index (χ4v) is 4.43. The van der Waals surface area contributed by atoms with E-state index in [1.165, 1.54) is 12.1 Å². The lowest BCUT2D eigenvalue weighted by molar-refractivity contribution is -0.138. The number of hydrogen-bond donors (Lipinski definition) is 3. The minimum Gasteiger partial charge on any atom is -0.369 e. The summed E-state index contributed by atoms with van der Waals surface area (Å²) < 4.78 is 13.6. The van der Waals surface area contributed by atoms with E-state index < -0.39 is 0 Å². The first kappa shape index (κ1) is 26.8. The Bertz CT molecular complexity index is 1340. The molecule has 0 radical (unpaired) electrons. The summed E-state index contributed by atoms with van der Waals surface area (Å²) in [6.45, 7) is 1.92. The smallest absolute Gasteiger partial charge is 0.255 e. The highest BCUT2D eigenvalue weighted by molar-refractivity contribution is 5.99. The maximum atomic E-state index is 13.6. The van der Waals surface area contributed by atoms with Crippen molar-refractivity contribution in [2.24, 2.45) is 5.73 Å². The van der Waals surface area contributed by atoms with Gasteiger partial charge in [-0.2, -0.15) is 5.26 Å². The second-order valence-electron chi connectivity index (χ2n) is 9.19.